The summed E-state index contributed by atoms with van der Waals surface area (Å²) in [5.41, 5.74) is 0. The molecule has 0 aliphatic carbocycles. The molecule has 1 rings (SSSR count). The maximum Gasteiger partial charge on any atom is 0.280 e. The lowest BCUT2D eigenvalue weighted by Gasteiger charge is -2.31. The fraction of sp³-hybridized carbons (Fsp3) is 0.933. The number of quaternary nitrogens is 2. The summed E-state index contributed by atoms with van der Waals surface area (Å²) in [6, 6.07) is 0.0865. The SMILES string of the molecule is CC[NH+](CC)CC[NH2+][C@@H](C)C(=O)N1CCC(C)CC1. The maximum atomic E-state index is 12.3. The van der Waals surface area contributed by atoms with Gasteiger partial charge in [-0.15, -0.1) is 0 Å². The van der Waals surface area contributed by atoms with Crippen LogP contribution in [0.5, 0.6) is 0 Å². The number of rotatable bonds is 7. The minimum absolute atomic E-state index is 0.0865. The average molecular weight is 271 g/mol. The molecule has 0 saturated carbocycles. The first-order chi connectivity index (χ1) is 9.08. The highest BCUT2D eigenvalue weighted by atomic mass is 16.2. The Labute approximate surface area is 118 Å². The number of amides is 1. The van der Waals surface area contributed by atoms with Crippen molar-refractivity contribution >= 4 is 5.91 Å². The Bertz CT molecular complexity index is 258. The van der Waals surface area contributed by atoms with Crippen LogP contribution in [0.4, 0.5) is 0 Å². The van der Waals surface area contributed by atoms with Crippen LogP contribution in [0.2, 0.25) is 0 Å². The fourth-order valence-electron chi connectivity index (χ4n) is 2.76. The molecule has 3 N–H and O–H groups in total. The van der Waals surface area contributed by atoms with Crippen molar-refractivity contribution in [2.75, 3.05) is 39.3 Å². The lowest BCUT2D eigenvalue weighted by Crippen LogP contribution is -3.14. The molecular formula is C15H33N3O+2. The minimum atomic E-state index is 0.0865. The highest BCUT2D eigenvalue weighted by molar-refractivity contribution is 5.80. The number of likely N-dealkylation sites (N-methyl/N-ethyl adjacent to an activating group) is 1. The number of piperidine rings is 1. The molecule has 4 nitrogen and oxygen atoms in total. The van der Waals surface area contributed by atoms with Gasteiger partial charge in [0.15, 0.2) is 6.04 Å². The van der Waals surface area contributed by atoms with Crippen LogP contribution in [-0.4, -0.2) is 56.1 Å². The summed E-state index contributed by atoms with van der Waals surface area (Å²) in [4.78, 5) is 16.0. The first kappa shape index (κ1) is 16.4. The van der Waals surface area contributed by atoms with Crippen LogP contribution in [0, 0.1) is 5.92 Å². The van der Waals surface area contributed by atoms with Crippen LogP contribution in [0.25, 0.3) is 0 Å². The molecule has 0 bridgehead atoms. The third-order valence-corrected chi connectivity index (χ3v) is 4.50. The average Bonchev–Trinajstić information content (AvgIpc) is 2.43. The van der Waals surface area contributed by atoms with Gasteiger partial charge in [0.2, 0.25) is 0 Å². The molecule has 1 fully saturated rings. The normalized spacial score (nSPS) is 18.9. The van der Waals surface area contributed by atoms with E-state index in [1.807, 2.05) is 0 Å². The van der Waals surface area contributed by atoms with Crippen molar-refractivity contribution in [2.24, 2.45) is 5.92 Å². The van der Waals surface area contributed by atoms with Gasteiger partial charge in [-0.1, -0.05) is 6.92 Å². The number of nitrogens with two attached hydrogens (primary N) is 1. The number of hydrogen-bond donors (Lipinski definition) is 2. The highest BCUT2D eigenvalue weighted by Crippen LogP contribution is 2.16. The van der Waals surface area contributed by atoms with Crippen LogP contribution < -0.4 is 10.2 Å². The van der Waals surface area contributed by atoms with Gasteiger partial charge in [-0.3, -0.25) is 4.79 Å². The van der Waals surface area contributed by atoms with E-state index in [1.165, 1.54) is 25.9 Å². The van der Waals surface area contributed by atoms with Gasteiger partial charge in [-0.25, -0.2) is 0 Å². The van der Waals surface area contributed by atoms with Crippen molar-refractivity contribution in [3.63, 3.8) is 0 Å². The van der Waals surface area contributed by atoms with Gasteiger partial charge in [0.1, 0.15) is 13.1 Å². The summed E-state index contributed by atoms with van der Waals surface area (Å²) in [7, 11) is 0. The van der Waals surface area contributed by atoms with E-state index in [2.05, 4.69) is 37.9 Å². The number of likely N-dealkylation sites (tertiary alicyclic amines) is 1. The molecule has 0 spiro atoms. The zero-order valence-corrected chi connectivity index (χ0v) is 13.2. The number of nitrogens with zero attached hydrogens (tertiary/aromatic N) is 1. The molecule has 1 amide bonds. The molecule has 0 aromatic heterocycles. The van der Waals surface area contributed by atoms with Crippen molar-refractivity contribution in [3.05, 3.63) is 0 Å². The molecule has 112 valence electrons. The Balaban J connectivity index is 2.25. The number of nitrogens with one attached hydrogen (secondary N) is 1. The lowest BCUT2D eigenvalue weighted by molar-refractivity contribution is -0.910. The molecule has 0 radical (unpaired) electrons. The van der Waals surface area contributed by atoms with Crippen LogP contribution in [-0.2, 0) is 4.79 Å². The minimum Gasteiger partial charge on any atom is -0.338 e. The Morgan fingerprint density at radius 3 is 2.42 bits per heavy atom. The van der Waals surface area contributed by atoms with E-state index in [9.17, 15) is 4.79 Å². The predicted octanol–water partition coefficient (Wildman–Crippen LogP) is -0.878. The number of hydrogen-bond acceptors (Lipinski definition) is 1. The molecule has 0 unspecified atom stereocenters. The van der Waals surface area contributed by atoms with E-state index in [0.29, 0.717) is 5.91 Å². The van der Waals surface area contributed by atoms with Gasteiger partial charge in [-0.2, -0.15) is 0 Å². The van der Waals surface area contributed by atoms with Gasteiger partial charge in [0, 0.05) is 13.1 Å². The van der Waals surface area contributed by atoms with Gasteiger partial charge in [0.25, 0.3) is 5.91 Å². The third kappa shape index (κ3) is 5.49. The standard InChI is InChI=1S/C15H31N3O/c1-5-17(6-2)12-9-16-14(4)15(19)18-10-7-13(3)8-11-18/h13-14,16H,5-12H2,1-4H3/p+2/t14-/m0/s1. The quantitative estimate of drug-likeness (QED) is 0.620. The molecule has 1 saturated heterocycles. The van der Waals surface area contributed by atoms with E-state index >= 15 is 0 Å². The smallest absolute Gasteiger partial charge is 0.280 e. The van der Waals surface area contributed by atoms with Crippen LogP contribution in [0.3, 0.4) is 0 Å². The fourth-order valence-corrected chi connectivity index (χ4v) is 2.76. The molecule has 1 aliphatic heterocycles. The summed E-state index contributed by atoms with van der Waals surface area (Å²) < 4.78 is 0. The van der Waals surface area contributed by atoms with E-state index in [4.69, 9.17) is 0 Å². The Kier molecular flexibility index (Phi) is 7.39. The predicted molar refractivity (Wildman–Crippen MR) is 78.1 cm³/mol. The summed E-state index contributed by atoms with van der Waals surface area (Å²) in [6.07, 6.45) is 2.34. The second-order valence-corrected chi connectivity index (χ2v) is 6.03. The zero-order valence-electron chi connectivity index (χ0n) is 13.2. The molecule has 1 aliphatic rings. The second kappa shape index (κ2) is 8.54. The summed E-state index contributed by atoms with van der Waals surface area (Å²) >= 11 is 0. The molecule has 1 atom stereocenters. The van der Waals surface area contributed by atoms with E-state index < -0.39 is 0 Å². The van der Waals surface area contributed by atoms with Crippen LogP contribution in [0.1, 0.15) is 40.5 Å². The Morgan fingerprint density at radius 1 is 1.32 bits per heavy atom. The van der Waals surface area contributed by atoms with Crippen molar-refractivity contribution in [1.82, 2.24) is 4.90 Å². The lowest BCUT2D eigenvalue weighted by atomic mass is 9.99. The van der Waals surface area contributed by atoms with E-state index in [-0.39, 0.29) is 6.04 Å². The summed E-state index contributed by atoms with van der Waals surface area (Å²) in [5, 5.41) is 2.21. The Morgan fingerprint density at radius 2 is 1.89 bits per heavy atom. The van der Waals surface area contributed by atoms with E-state index in [0.717, 1.165) is 32.1 Å². The van der Waals surface area contributed by atoms with Crippen molar-refractivity contribution in [3.8, 4) is 0 Å². The molecular weight excluding hydrogens is 238 g/mol. The van der Waals surface area contributed by atoms with Crippen LogP contribution >= 0.6 is 0 Å². The first-order valence-corrected chi connectivity index (χ1v) is 8.04. The maximum absolute atomic E-state index is 12.3. The molecule has 19 heavy (non-hydrogen) atoms. The van der Waals surface area contributed by atoms with E-state index in [1.54, 1.807) is 4.90 Å². The molecule has 1 heterocycles. The largest absolute Gasteiger partial charge is 0.338 e. The topological polar surface area (TPSA) is 41.4 Å². The summed E-state index contributed by atoms with van der Waals surface area (Å²) in [5.74, 6) is 1.12. The molecule has 4 heteroatoms. The van der Waals surface area contributed by atoms with Gasteiger partial charge in [0.05, 0.1) is 13.1 Å². The number of carbonyl (C=O) groups excluding carboxylic acids is 1. The zero-order chi connectivity index (χ0) is 14.3. The van der Waals surface area contributed by atoms with Gasteiger partial charge < -0.3 is 15.1 Å². The van der Waals surface area contributed by atoms with Crippen LogP contribution in [0.15, 0.2) is 0 Å². The second-order valence-electron chi connectivity index (χ2n) is 6.03. The highest BCUT2D eigenvalue weighted by Gasteiger charge is 2.26. The van der Waals surface area contributed by atoms with Crippen molar-refractivity contribution < 1.29 is 15.0 Å². The van der Waals surface area contributed by atoms with Gasteiger partial charge in [-0.05, 0) is 39.5 Å². The Hall–Kier alpha value is -0.610. The number of carbonyl (C=O) groups is 1. The van der Waals surface area contributed by atoms with Gasteiger partial charge >= 0.3 is 0 Å². The van der Waals surface area contributed by atoms with Crippen molar-refractivity contribution in [1.29, 1.82) is 0 Å². The third-order valence-electron chi connectivity index (χ3n) is 4.50. The summed E-state index contributed by atoms with van der Waals surface area (Å²) in [6.45, 7) is 15.3. The van der Waals surface area contributed by atoms with Crippen molar-refractivity contribution in [2.45, 2.75) is 46.6 Å². The monoisotopic (exact) mass is 271 g/mol. The molecule has 0 aromatic carbocycles. The molecule has 0 aromatic rings. The first-order valence-electron chi connectivity index (χ1n) is 8.04.